The third-order valence-corrected chi connectivity index (χ3v) is 4.34. The van der Waals surface area contributed by atoms with Crippen LogP contribution in [-0.2, 0) is 5.54 Å². The number of benzene rings is 1. The molecule has 4 heteroatoms. The van der Waals surface area contributed by atoms with Gasteiger partial charge >= 0.3 is 5.97 Å². The summed E-state index contributed by atoms with van der Waals surface area (Å²) in [6, 6.07) is 5.26. The highest BCUT2D eigenvalue weighted by Crippen LogP contribution is 2.43. The molecule has 0 aliphatic heterocycles. The van der Waals surface area contributed by atoms with Gasteiger partial charge in [-0.25, -0.2) is 9.78 Å². The van der Waals surface area contributed by atoms with E-state index < -0.39 is 5.97 Å². The van der Waals surface area contributed by atoms with Crippen LogP contribution in [0.15, 0.2) is 18.2 Å². The van der Waals surface area contributed by atoms with Gasteiger partial charge in [0.25, 0.3) is 0 Å². The van der Waals surface area contributed by atoms with Crippen molar-refractivity contribution in [2.24, 2.45) is 0 Å². The second kappa shape index (κ2) is 4.33. The number of aromatic carboxylic acids is 1. The lowest BCUT2D eigenvalue weighted by molar-refractivity contribution is 0.0697. The molecule has 1 heterocycles. The molecule has 1 N–H and O–H groups in total. The summed E-state index contributed by atoms with van der Waals surface area (Å²) in [6.07, 6.45) is 3.39. The van der Waals surface area contributed by atoms with Gasteiger partial charge in [0.1, 0.15) is 5.82 Å². The molecule has 3 rings (SSSR count). The fourth-order valence-corrected chi connectivity index (χ4v) is 2.64. The van der Waals surface area contributed by atoms with E-state index in [1.54, 1.807) is 12.1 Å². The van der Waals surface area contributed by atoms with Gasteiger partial charge in [0.15, 0.2) is 0 Å². The van der Waals surface area contributed by atoms with Crippen molar-refractivity contribution in [2.75, 3.05) is 0 Å². The molecule has 0 atom stereocenters. The molecule has 0 bridgehead atoms. The Bertz CT molecular complexity index is 681. The first-order valence-electron chi connectivity index (χ1n) is 7.20. The molecule has 106 valence electrons. The standard InChI is InChI=1S/C16H20N2O2/c1-4-16(2,3)18-13-8-7-11(15(19)20)9-12(13)17-14(18)10-5-6-10/h7-10H,4-6H2,1-3H3,(H,19,20). The number of imidazole rings is 1. The molecular weight excluding hydrogens is 252 g/mol. The smallest absolute Gasteiger partial charge is 0.335 e. The van der Waals surface area contributed by atoms with Gasteiger partial charge in [-0.05, 0) is 51.3 Å². The van der Waals surface area contributed by atoms with Crippen LogP contribution < -0.4 is 0 Å². The Balaban J connectivity index is 2.25. The van der Waals surface area contributed by atoms with Crippen LogP contribution in [0.4, 0.5) is 0 Å². The summed E-state index contributed by atoms with van der Waals surface area (Å²) in [5.74, 6) is 0.764. The number of aromatic nitrogens is 2. The molecule has 1 fully saturated rings. The maximum Gasteiger partial charge on any atom is 0.335 e. The minimum absolute atomic E-state index is 0.00257. The van der Waals surface area contributed by atoms with Gasteiger partial charge in [-0.2, -0.15) is 0 Å². The number of rotatable bonds is 4. The lowest BCUT2D eigenvalue weighted by atomic mass is 10.0. The predicted octanol–water partition coefficient (Wildman–Crippen LogP) is 3.76. The van der Waals surface area contributed by atoms with Crippen LogP contribution in [0.25, 0.3) is 11.0 Å². The maximum atomic E-state index is 11.1. The third-order valence-electron chi connectivity index (χ3n) is 4.34. The van der Waals surface area contributed by atoms with Gasteiger partial charge in [-0.15, -0.1) is 0 Å². The quantitative estimate of drug-likeness (QED) is 0.922. The van der Waals surface area contributed by atoms with Crippen molar-refractivity contribution in [3.63, 3.8) is 0 Å². The summed E-state index contributed by atoms with van der Waals surface area (Å²) in [5, 5.41) is 9.11. The molecular formula is C16H20N2O2. The van der Waals surface area contributed by atoms with E-state index in [1.807, 2.05) is 6.07 Å². The summed E-state index contributed by atoms with van der Waals surface area (Å²) in [5.41, 5.74) is 2.15. The first-order chi connectivity index (χ1) is 9.44. The zero-order valence-corrected chi connectivity index (χ0v) is 12.2. The summed E-state index contributed by atoms with van der Waals surface area (Å²) in [4.78, 5) is 15.8. The summed E-state index contributed by atoms with van der Waals surface area (Å²) in [7, 11) is 0. The van der Waals surface area contributed by atoms with Gasteiger partial charge in [0.2, 0.25) is 0 Å². The highest BCUT2D eigenvalue weighted by atomic mass is 16.4. The Morgan fingerprint density at radius 2 is 2.15 bits per heavy atom. The van der Waals surface area contributed by atoms with Crippen LogP contribution in [0.1, 0.15) is 62.1 Å². The molecule has 0 saturated heterocycles. The number of nitrogens with zero attached hydrogens (tertiary/aromatic N) is 2. The third kappa shape index (κ3) is 1.99. The second-order valence-electron chi connectivity index (χ2n) is 6.25. The van der Waals surface area contributed by atoms with Crippen molar-refractivity contribution in [3.8, 4) is 0 Å². The predicted molar refractivity (Wildman–Crippen MR) is 78.3 cm³/mol. The van der Waals surface area contributed by atoms with Crippen LogP contribution in [-0.4, -0.2) is 20.6 Å². The Morgan fingerprint density at radius 1 is 1.45 bits per heavy atom. The molecule has 1 aliphatic rings. The van der Waals surface area contributed by atoms with Crippen LogP contribution in [0.2, 0.25) is 0 Å². The van der Waals surface area contributed by atoms with E-state index in [0.717, 1.165) is 23.3 Å². The number of hydrogen-bond acceptors (Lipinski definition) is 2. The Labute approximate surface area is 118 Å². The molecule has 1 aromatic carbocycles. The Morgan fingerprint density at radius 3 is 2.70 bits per heavy atom. The molecule has 4 nitrogen and oxygen atoms in total. The van der Waals surface area contributed by atoms with E-state index in [-0.39, 0.29) is 5.54 Å². The molecule has 1 aromatic heterocycles. The van der Waals surface area contributed by atoms with E-state index >= 15 is 0 Å². The molecule has 1 saturated carbocycles. The fourth-order valence-electron chi connectivity index (χ4n) is 2.64. The second-order valence-corrected chi connectivity index (χ2v) is 6.25. The molecule has 0 radical (unpaired) electrons. The Kier molecular flexibility index (Phi) is 2.85. The summed E-state index contributed by atoms with van der Waals surface area (Å²) in [6.45, 7) is 6.60. The van der Waals surface area contributed by atoms with Crippen molar-refractivity contribution in [1.29, 1.82) is 0 Å². The lowest BCUT2D eigenvalue weighted by Gasteiger charge is -2.28. The Hall–Kier alpha value is -1.84. The van der Waals surface area contributed by atoms with Crippen molar-refractivity contribution in [2.45, 2.75) is 51.5 Å². The first kappa shape index (κ1) is 13.2. The number of carbonyl (C=O) groups is 1. The first-order valence-corrected chi connectivity index (χ1v) is 7.20. The average molecular weight is 272 g/mol. The van der Waals surface area contributed by atoms with Gasteiger partial charge < -0.3 is 9.67 Å². The van der Waals surface area contributed by atoms with E-state index in [2.05, 4.69) is 25.3 Å². The highest BCUT2D eigenvalue weighted by Gasteiger charge is 2.34. The zero-order chi connectivity index (χ0) is 14.5. The van der Waals surface area contributed by atoms with Crippen LogP contribution >= 0.6 is 0 Å². The molecule has 2 aromatic rings. The number of carboxylic acid groups (broad SMARTS) is 1. The summed E-state index contributed by atoms with van der Waals surface area (Å²) < 4.78 is 2.31. The molecule has 1 aliphatic carbocycles. The van der Waals surface area contributed by atoms with E-state index in [9.17, 15) is 4.79 Å². The van der Waals surface area contributed by atoms with Gasteiger partial charge in [-0.1, -0.05) is 6.92 Å². The lowest BCUT2D eigenvalue weighted by Crippen LogP contribution is -2.27. The van der Waals surface area contributed by atoms with Crippen LogP contribution in [0.3, 0.4) is 0 Å². The number of hydrogen-bond donors (Lipinski definition) is 1. The van der Waals surface area contributed by atoms with Gasteiger partial charge in [0.05, 0.1) is 16.6 Å². The minimum Gasteiger partial charge on any atom is -0.478 e. The van der Waals surface area contributed by atoms with Gasteiger partial charge in [-0.3, -0.25) is 0 Å². The normalized spacial score (nSPS) is 15.8. The van der Waals surface area contributed by atoms with E-state index in [4.69, 9.17) is 10.1 Å². The molecule has 0 amide bonds. The van der Waals surface area contributed by atoms with Crippen molar-refractivity contribution in [3.05, 3.63) is 29.6 Å². The monoisotopic (exact) mass is 272 g/mol. The zero-order valence-electron chi connectivity index (χ0n) is 12.2. The van der Waals surface area contributed by atoms with E-state index in [1.165, 1.54) is 12.8 Å². The van der Waals surface area contributed by atoms with Crippen molar-refractivity contribution >= 4 is 17.0 Å². The average Bonchev–Trinajstić information content (AvgIpc) is 3.18. The highest BCUT2D eigenvalue weighted by molar-refractivity contribution is 5.92. The minimum atomic E-state index is -0.899. The van der Waals surface area contributed by atoms with Crippen LogP contribution in [0.5, 0.6) is 0 Å². The number of carboxylic acids is 1. The SMILES string of the molecule is CCC(C)(C)n1c(C2CC2)nc2cc(C(=O)O)ccc21. The summed E-state index contributed by atoms with van der Waals surface area (Å²) >= 11 is 0. The van der Waals surface area contributed by atoms with Crippen molar-refractivity contribution in [1.82, 2.24) is 9.55 Å². The van der Waals surface area contributed by atoms with Crippen molar-refractivity contribution < 1.29 is 9.90 Å². The largest absolute Gasteiger partial charge is 0.478 e. The topological polar surface area (TPSA) is 55.1 Å². The molecule has 20 heavy (non-hydrogen) atoms. The van der Waals surface area contributed by atoms with Gasteiger partial charge in [0, 0.05) is 11.5 Å². The number of fused-ring (bicyclic) bond motifs is 1. The van der Waals surface area contributed by atoms with E-state index in [0.29, 0.717) is 11.5 Å². The molecule has 0 spiro atoms. The molecule has 0 unspecified atom stereocenters. The fraction of sp³-hybridized carbons (Fsp3) is 0.500. The maximum absolute atomic E-state index is 11.1. The van der Waals surface area contributed by atoms with Crippen LogP contribution in [0, 0.1) is 0 Å².